The molecule has 1 aliphatic heterocycles. The van der Waals surface area contributed by atoms with E-state index in [4.69, 9.17) is 21.3 Å². The number of hydrogen-bond donors (Lipinski definition) is 0. The predicted octanol–water partition coefficient (Wildman–Crippen LogP) is 5.19. The standard InChI is InChI=1S/C24H28ClN3O2/c1-3-4-11-27-16-18(15-23(27)29)24-26-21-7-5-6-8-22(21)28(24)12-13-30-19-9-10-20(25)17(2)14-19/h5-10,14,18H,3-4,11-13,15-16H2,1-2H3/t18-/m0/s1. The fraction of sp³-hybridized carbons (Fsp3) is 0.417. The van der Waals surface area contributed by atoms with Gasteiger partial charge in [-0.1, -0.05) is 37.1 Å². The molecule has 1 aromatic heterocycles. The summed E-state index contributed by atoms with van der Waals surface area (Å²) in [7, 11) is 0. The van der Waals surface area contributed by atoms with E-state index in [1.165, 1.54) is 0 Å². The van der Waals surface area contributed by atoms with Gasteiger partial charge in [0.05, 0.1) is 17.6 Å². The molecule has 0 aliphatic carbocycles. The van der Waals surface area contributed by atoms with Gasteiger partial charge in [0.15, 0.2) is 0 Å². The van der Waals surface area contributed by atoms with E-state index in [1.807, 2.05) is 48.2 Å². The normalized spacial score (nSPS) is 16.6. The zero-order valence-corrected chi connectivity index (χ0v) is 18.4. The summed E-state index contributed by atoms with van der Waals surface area (Å²) in [5.74, 6) is 2.16. The summed E-state index contributed by atoms with van der Waals surface area (Å²) >= 11 is 6.11. The zero-order chi connectivity index (χ0) is 21.1. The Morgan fingerprint density at radius 2 is 2.03 bits per heavy atom. The highest BCUT2D eigenvalue weighted by Gasteiger charge is 2.33. The Labute approximate surface area is 182 Å². The number of imidazole rings is 1. The number of halogens is 1. The highest BCUT2D eigenvalue weighted by molar-refractivity contribution is 6.31. The van der Waals surface area contributed by atoms with E-state index in [1.54, 1.807) is 0 Å². The third kappa shape index (κ3) is 4.31. The maximum Gasteiger partial charge on any atom is 0.223 e. The number of aromatic nitrogens is 2. The lowest BCUT2D eigenvalue weighted by Crippen LogP contribution is -2.26. The predicted molar refractivity (Wildman–Crippen MR) is 120 cm³/mol. The van der Waals surface area contributed by atoms with Gasteiger partial charge in [-0.3, -0.25) is 4.79 Å². The first-order chi connectivity index (χ1) is 14.6. The molecule has 1 amide bonds. The Morgan fingerprint density at radius 1 is 1.20 bits per heavy atom. The third-order valence-electron chi connectivity index (χ3n) is 5.76. The lowest BCUT2D eigenvalue weighted by atomic mass is 10.1. The van der Waals surface area contributed by atoms with Crippen LogP contribution in [0.5, 0.6) is 5.75 Å². The van der Waals surface area contributed by atoms with E-state index in [0.717, 1.165) is 59.1 Å². The first-order valence-electron chi connectivity index (χ1n) is 10.7. The van der Waals surface area contributed by atoms with Crippen molar-refractivity contribution >= 4 is 28.5 Å². The van der Waals surface area contributed by atoms with Crippen molar-refractivity contribution in [1.29, 1.82) is 0 Å². The second-order valence-electron chi connectivity index (χ2n) is 7.96. The molecule has 0 saturated carbocycles. The minimum absolute atomic E-state index is 0.125. The van der Waals surface area contributed by atoms with Crippen LogP contribution in [0, 0.1) is 6.92 Å². The molecule has 30 heavy (non-hydrogen) atoms. The second-order valence-corrected chi connectivity index (χ2v) is 8.37. The summed E-state index contributed by atoms with van der Waals surface area (Å²) < 4.78 is 8.21. The first kappa shape index (κ1) is 20.7. The number of rotatable bonds is 8. The number of carbonyl (C=O) groups is 1. The maximum atomic E-state index is 12.5. The van der Waals surface area contributed by atoms with Gasteiger partial charge < -0.3 is 14.2 Å². The molecule has 0 unspecified atom stereocenters. The molecule has 3 aromatic rings. The Hall–Kier alpha value is -2.53. The number of amides is 1. The van der Waals surface area contributed by atoms with Gasteiger partial charge in [0.1, 0.15) is 18.2 Å². The monoisotopic (exact) mass is 425 g/mol. The number of nitrogens with zero attached hydrogens (tertiary/aromatic N) is 3. The van der Waals surface area contributed by atoms with Crippen LogP contribution >= 0.6 is 11.6 Å². The van der Waals surface area contributed by atoms with Crippen LogP contribution in [-0.4, -0.2) is 40.1 Å². The van der Waals surface area contributed by atoms with E-state index < -0.39 is 0 Å². The molecule has 6 heteroatoms. The molecular weight excluding hydrogens is 398 g/mol. The molecular formula is C24H28ClN3O2. The lowest BCUT2D eigenvalue weighted by Gasteiger charge is -2.17. The highest BCUT2D eigenvalue weighted by Crippen LogP contribution is 2.30. The molecule has 1 saturated heterocycles. The van der Waals surface area contributed by atoms with Crippen molar-refractivity contribution in [2.24, 2.45) is 0 Å². The van der Waals surface area contributed by atoms with Crippen LogP contribution in [0.15, 0.2) is 42.5 Å². The average molecular weight is 426 g/mol. The summed E-state index contributed by atoms with van der Waals surface area (Å²) in [5, 5.41) is 0.740. The number of aryl methyl sites for hydroxylation is 1. The van der Waals surface area contributed by atoms with Gasteiger partial charge in [-0.05, 0) is 49.2 Å². The van der Waals surface area contributed by atoms with Crippen LogP contribution in [0.25, 0.3) is 11.0 Å². The Balaban J connectivity index is 1.53. The van der Waals surface area contributed by atoms with Gasteiger partial charge in [-0.15, -0.1) is 0 Å². The van der Waals surface area contributed by atoms with E-state index in [9.17, 15) is 4.79 Å². The SMILES string of the molecule is CCCCN1C[C@@H](c2nc3ccccc3n2CCOc2ccc(Cl)c(C)c2)CC1=O. The second kappa shape index (κ2) is 9.09. The molecule has 5 nitrogen and oxygen atoms in total. The van der Waals surface area contributed by atoms with Crippen molar-refractivity contribution < 1.29 is 9.53 Å². The van der Waals surface area contributed by atoms with Crippen LogP contribution in [0.4, 0.5) is 0 Å². The van der Waals surface area contributed by atoms with Gasteiger partial charge in [0.2, 0.25) is 5.91 Å². The number of para-hydroxylation sites is 2. The molecule has 2 heterocycles. The van der Waals surface area contributed by atoms with Crippen LogP contribution in [0.1, 0.15) is 43.5 Å². The fourth-order valence-corrected chi connectivity index (χ4v) is 4.23. The Morgan fingerprint density at radius 3 is 2.83 bits per heavy atom. The molecule has 2 aromatic carbocycles. The minimum atomic E-state index is 0.125. The molecule has 1 fully saturated rings. The van der Waals surface area contributed by atoms with Gasteiger partial charge in [0, 0.05) is 30.5 Å². The molecule has 0 radical (unpaired) electrons. The van der Waals surface area contributed by atoms with E-state index in [0.29, 0.717) is 19.6 Å². The number of hydrogen-bond acceptors (Lipinski definition) is 3. The van der Waals surface area contributed by atoms with Crippen LogP contribution < -0.4 is 4.74 Å². The Bertz CT molecular complexity index is 1050. The fourth-order valence-electron chi connectivity index (χ4n) is 4.11. The van der Waals surface area contributed by atoms with E-state index >= 15 is 0 Å². The number of benzene rings is 2. The number of ether oxygens (including phenoxy) is 1. The van der Waals surface area contributed by atoms with E-state index in [2.05, 4.69) is 17.6 Å². The smallest absolute Gasteiger partial charge is 0.223 e. The first-order valence-corrected chi connectivity index (χ1v) is 11.1. The van der Waals surface area contributed by atoms with Crippen molar-refractivity contribution in [3.8, 4) is 5.75 Å². The van der Waals surface area contributed by atoms with Gasteiger partial charge in [0.25, 0.3) is 0 Å². The summed E-state index contributed by atoms with van der Waals surface area (Å²) in [6, 6.07) is 13.9. The number of likely N-dealkylation sites (tertiary alicyclic amines) is 1. The summed E-state index contributed by atoms with van der Waals surface area (Å²) in [5.41, 5.74) is 3.05. The summed E-state index contributed by atoms with van der Waals surface area (Å²) in [6.07, 6.45) is 2.67. The molecule has 4 rings (SSSR count). The summed E-state index contributed by atoms with van der Waals surface area (Å²) in [4.78, 5) is 19.4. The average Bonchev–Trinajstić information content (AvgIpc) is 3.29. The molecule has 158 valence electrons. The van der Waals surface area contributed by atoms with Crippen LogP contribution in [-0.2, 0) is 11.3 Å². The minimum Gasteiger partial charge on any atom is -0.492 e. The van der Waals surface area contributed by atoms with Crippen molar-refractivity contribution in [2.45, 2.75) is 45.6 Å². The highest BCUT2D eigenvalue weighted by atomic mass is 35.5. The van der Waals surface area contributed by atoms with Crippen molar-refractivity contribution in [3.05, 3.63) is 58.9 Å². The molecule has 0 spiro atoms. The van der Waals surface area contributed by atoms with Crippen LogP contribution in [0.2, 0.25) is 5.02 Å². The molecule has 0 bridgehead atoms. The molecule has 1 aliphatic rings. The van der Waals surface area contributed by atoms with Crippen molar-refractivity contribution in [1.82, 2.24) is 14.5 Å². The third-order valence-corrected chi connectivity index (χ3v) is 6.18. The van der Waals surface area contributed by atoms with Crippen LogP contribution in [0.3, 0.4) is 0 Å². The maximum absolute atomic E-state index is 12.5. The van der Waals surface area contributed by atoms with Gasteiger partial charge in [-0.2, -0.15) is 0 Å². The van der Waals surface area contributed by atoms with Crippen molar-refractivity contribution in [2.75, 3.05) is 19.7 Å². The number of fused-ring (bicyclic) bond motifs is 1. The quantitative estimate of drug-likeness (QED) is 0.498. The topological polar surface area (TPSA) is 47.4 Å². The Kier molecular flexibility index (Phi) is 6.28. The lowest BCUT2D eigenvalue weighted by molar-refractivity contribution is -0.127. The van der Waals surface area contributed by atoms with E-state index in [-0.39, 0.29) is 11.8 Å². The zero-order valence-electron chi connectivity index (χ0n) is 17.6. The van der Waals surface area contributed by atoms with Gasteiger partial charge in [-0.25, -0.2) is 4.98 Å². The van der Waals surface area contributed by atoms with Gasteiger partial charge >= 0.3 is 0 Å². The summed E-state index contributed by atoms with van der Waals surface area (Å²) in [6.45, 7) is 6.91. The largest absolute Gasteiger partial charge is 0.492 e. The van der Waals surface area contributed by atoms with Crippen molar-refractivity contribution in [3.63, 3.8) is 0 Å². The number of unbranched alkanes of at least 4 members (excludes halogenated alkanes) is 1. The molecule has 1 atom stereocenters. The molecule has 0 N–H and O–H groups in total. The number of carbonyl (C=O) groups excluding carboxylic acids is 1.